The number of hydrogen-bond acceptors (Lipinski definition) is 8. The molecule has 0 saturated carbocycles. The van der Waals surface area contributed by atoms with Crippen LogP contribution in [-0.2, 0) is 20.8 Å². The van der Waals surface area contributed by atoms with Gasteiger partial charge in [-0.25, -0.2) is 9.78 Å². The number of aromatic nitrogens is 2. The first-order valence-electron chi connectivity index (χ1n) is 11.6. The minimum Gasteiger partial charge on any atom is -0.481 e. The highest BCUT2D eigenvalue weighted by Gasteiger charge is 2.38. The summed E-state index contributed by atoms with van der Waals surface area (Å²) >= 11 is 0. The monoisotopic (exact) mass is 555 g/mol. The van der Waals surface area contributed by atoms with Crippen LogP contribution in [0, 0.1) is 6.92 Å². The van der Waals surface area contributed by atoms with Gasteiger partial charge in [0.15, 0.2) is 0 Å². The van der Waals surface area contributed by atoms with Gasteiger partial charge in [-0.15, -0.1) is 0 Å². The highest BCUT2D eigenvalue weighted by molar-refractivity contribution is 6.09. The quantitative estimate of drug-likeness (QED) is 0.410. The summed E-state index contributed by atoms with van der Waals surface area (Å²) in [4.78, 5) is 56.5. The van der Waals surface area contributed by atoms with Gasteiger partial charge in [0.05, 0.1) is 24.3 Å². The van der Waals surface area contributed by atoms with Crippen molar-refractivity contribution in [1.82, 2.24) is 14.9 Å². The summed E-state index contributed by atoms with van der Waals surface area (Å²) in [5.41, 5.74) is 8.15. The third kappa shape index (κ3) is 8.83. The second-order valence-electron chi connectivity index (χ2n) is 8.64. The van der Waals surface area contributed by atoms with E-state index in [1.807, 2.05) is 6.07 Å². The van der Waals surface area contributed by atoms with Gasteiger partial charge in [0.2, 0.25) is 17.7 Å². The number of rotatable bonds is 8. The van der Waals surface area contributed by atoms with Crippen LogP contribution in [-0.4, -0.2) is 81.3 Å². The first-order chi connectivity index (χ1) is 18.1. The number of benzene rings is 1. The molecule has 1 atom stereocenters. The maximum atomic E-state index is 13.2. The van der Waals surface area contributed by atoms with Gasteiger partial charge < -0.3 is 30.5 Å². The third-order valence-electron chi connectivity index (χ3n) is 5.55. The number of carboxylic acid groups (broad SMARTS) is 2. The van der Waals surface area contributed by atoms with E-state index in [2.05, 4.69) is 9.97 Å². The van der Waals surface area contributed by atoms with E-state index < -0.39 is 24.2 Å². The summed E-state index contributed by atoms with van der Waals surface area (Å²) in [7, 11) is 1.61. The minimum absolute atomic E-state index is 0.157. The fourth-order valence-electron chi connectivity index (χ4n) is 3.62. The molecule has 15 heteroatoms. The van der Waals surface area contributed by atoms with Gasteiger partial charge in [-0.1, -0.05) is 6.07 Å². The number of aryl methyl sites for hydroxylation is 2. The molecule has 1 unspecified atom stereocenters. The third-order valence-corrected chi connectivity index (χ3v) is 5.55. The molecule has 0 aliphatic carbocycles. The number of hydrogen-bond donors (Lipinski definition) is 3. The number of nitrogens with zero attached hydrogens (tertiary/aromatic N) is 4. The van der Waals surface area contributed by atoms with Crippen LogP contribution in [0.25, 0.3) is 0 Å². The number of alkyl halides is 3. The lowest BCUT2D eigenvalue weighted by atomic mass is 10.0. The number of fused-ring (bicyclic) bond motifs is 1. The van der Waals surface area contributed by atoms with Crippen LogP contribution in [0.4, 0.5) is 24.8 Å². The summed E-state index contributed by atoms with van der Waals surface area (Å²) < 4.78 is 37.4. The Morgan fingerprint density at radius 2 is 1.82 bits per heavy atom. The summed E-state index contributed by atoms with van der Waals surface area (Å²) in [6.07, 6.45) is -4.01. The SMILES string of the molecule is Cc1cc(OCCCc2ccc3c(c2)C(=O)N(C(C)CC(=O)O)CC(=O)N3C)nc(N)n1.O=C(O)C(F)(F)F. The van der Waals surface area contributed by atoms with Gasteiger partial charge in [-0.05, 0) is 44.4 Å². The molecule has 0 saturated heterocycles. The topological polar surface area (TPSA) is 176 Å². The Morgan fingerprint density at radius 1 is 1.18 bits per heavy atom. The molecule has 0 spiro atoms. The van der Waals surface area contributed by atoms with Crippen LogP contribution in [0.1, 0.15) is 41.4 Å². The molecule has 39 heavy (non-hydrogen) atoms. The lowest BCUT2D eigenvalue weighted by molar-refractivity contribution is -0.192. The van der Waals surface area contributed by atoms with Crippen molar-refractivity contribution >= 4 is 35.4 Å². The Kier molecular flexibility index (Phi) is 10.2. The van der Waals surface area contributed by atoms with Crippen LogP contribution in [0.3, 0.4) is 0 Å². The van der Waals surface area contributed by atoms with E-state index in [-0.39, 0.29) is 30.7 Å². The first-order valence-corrected chi connectivity index (χ1v) is 11.6. The number of nitrogen functional groups attached to an aromatic ring is 1. The second kappa shape index (κ2) is 12.9. The summed E-state index contributed by atoms with van der Waals surface area (Å²) in [6, 6.07) is 6.49. The van der Waals surface area contributed by atoms with Crippen LogP contribution < -0.4 is 15.4 Å². The molecular weight excluding hydrogens is 527 g/mol. The Labute approximate surface area is 221 Å². The van der Waals surface area contributed by atoms with Gasteiger partial charge in [-0.3, -0.25) is 14.4 Å². The Morgan fingerprint density at radius 3 is 2.38 bits per heavy atom. The number of carbonyl (C=O) groups is 4. The molecular formula is C24H28F3N5O7. The van der Waals surface area contributed by atoms with Crippen LogP contribution >= 0.6 is 0 Å². The Balaban J connectivity index is 0.000000673. The molecule has 3 rings (SSSR count). The zero-order chi connectivity index (χ0) is 29.5. The molecule has 4 N–H and O–H groups in total. The van der Waals surface area contributed by atoms with Gasteiger partial charge >= 0.3 is 18.1 Å². The normalized spacial score (nSPS) is 14.1. The lowest BCUT2D eigenvalue weighted by Crippen LogP contribution is -2.43. The molecule has 0 bridgehead atoms. The predicted octanol–water partition coefficient (Wildman–Crippen LogP) is 2.29. The van der Waals surface area contributed by atoms with E-state index in [1.54, 1.807) is 39.1 Å². The van der Waals surface area contributed by atoms with Crippen LogP contribution in [0.5, 0.6) is 5.88 Å². The molecule has 2 aromatic rings. The molecule has 1 aromatic carbocycles. The molecule has 2 amide bonds. The number of amides is 2. The van der Waals surface area contributed by atoms with Crippen LogP contribution in [0.15, 0.2) is 24.3 Å². The van der Waals surface area contributed by atoms with Crippen LogP contribution in [0.2, 0.25) is 0 Å². The van der Waals surface area contributed by atoms with Gasteiger partial charge in [0.1, 0.15) is 6.54 Å². The van der Waals surface area contributed by atoms with Crippen molar-refractivity contribution in [3.05, 3.63) is 41.1 Å². The summed E-state index contributed by atoms with van der Waals surface area (Å²) in [5, 5.41) is 16.2. The number of ether oxygens (including phenoxy) is 1. The number of carboxylic acids is 2. The fourth-order valence-corrected chi connectivity index (χ4v) is 3.62. The average molecular weight is 556 g/mol. The largest absolute Gasteiger partial charge is 0.490 e. The molecule has 1 aliphatic heterocycles. The van der Waals surface area contributed by atoms with Crippen molar-refractivity contribution in [2.75, 3.05) is 30.8 Å². The van der Waals surface area contributed by atoms with E-state index in [9.17, 15) is 27.6 Å². The van der Waals surface area contributed by atoms with E-state index in [1.165, 1.54) is 9.80 Å². The zero-order valence-electron chi connectivity index (χ0n) is 21.4. The standard InChI is InChI=1S/C22H27N5O5.C2HF3O2/c1-13-9-18(25-22(23)24-13)32-8-4-5-15-6-7-17-16(11-15)21(31)27(12-19(28)26(17)3)14(2)10-20(29)30;3-2(4,5)1(6)7/h6-7,9,11,14H,4-5,8,10,12H2,1-3H3,(H,29,30)(H2,23,24,25);(H,6,7). The number of carbonyl (C=O) groups excluding carboxylic acids is 2. The fraction of sp³-hybridized carbons (Fsp3) is 0.417. The summed E-state index contributed by atoms with van der Waals surface area (Å²) in [5.74, 6) is -3.83. The second-order valence-corrected chi connectivity index (χ2v) is 8.64. The lowest BCUT2D eigenvalue weighted by Gasteiger charge is -2.26. The summed E-state index contributed by atoms with van der Waals surface area (Å²) in [6.45, 7) is 3.68. The molecule has 0 fully saturated rings. The number of aliphatic carboxylic acids is 2. The number of halogens is 3. The molecule has 2 heterocycles. The van der Waals surface area contributed by atoms with Gasteiger partial charge in [0.25, 0.3) is 5.91 Å². The van der Waals surface area contributed by atoms with Crippen molar-refractivity contribution < 1.29 is 47.3 Å². The number of likely N-dealkylation sites (N-methyl/N-ethyl adjacent to an activating group) is 1. The van der Waals surface area contributed by atoms with E-state index in [0.29, 0.717) is 36.6 Å². The molecule has 12 nitrogen and oxygen atoms in total. The van der Waals surface area contributed by atoms with Crippen molar-refractivity contribution in [3.8, 4) is 5.88 Å². The maximum absolute atomic E-state index is 13.2. The first kappa shape index (κ1) is 30.8. The molecule has 1 aliphatic rings. The van der Waals surface area contributed by atoms with E-state index in [4.69, 9.17) is 25.5 Å². The molecule has 212 valence electrons. The number of anilines is 2. The number of nitrogens with two attached hydrogens (primary N) is 1. The maximum Gasteiger partial charge on any atom is 0.490 e. The highest BCUT2D eigenvalue weighted by atomic mass is 19.4. The minimum atomic E-state index is -5.08. The van der Waals surface area contributed by atoms with Gasteiger partial charge in [0, 0.05) is 24.8 Å². The van der Waals surface area contributed by atoms with Crippen molar-refractivity contribution in [1.29, 1.82) is 0 Å². The van der Waals surface area contributed by atoms with E-state index >= 15 is 0 Å². The predicted molar refractivity (Wildman–Crippen MR) is 131 cm³/mol. The van der Waals surface area contributed by atoms with Crippen molar-refractivity contribution in [2.45, 2.75) is 45.3 Å². The highest BCUT2D eigenvalue weighted by Crippen LogP contribution is 2.28. The average Bonchev–Trinajstić information content (AvgIpc) is 2.91. The zero-order valence-corrected chi connectivity index (χ0v) is 21.4. The smallest absolute Gasteiger partial charge is 0.481 e. The Hall–Kier alpha value is -4.43. The van der Waals surface area contributed by atoms with Crippen molar-refractivity contribution in [3.63, 3.8) is 0 Å². The molecule has 1 aromatic heterocycles. The Bertz CT molecular complexity index is 1220. The van der Waals surface area contributed by atoms with Crippen molar-refractivity contribution in [2.24, 2.45) is 0 Å². The van der Waals surface area contributed by atoms with Gasteiger partial charge in [-0.2, -0.15) is 18.2 Å². The van der Waals surface area contributed by atoms with E-state index in [0.717, 1.165) is 11.3 Å². The molecule has 0 radical (unpaired) electrons.